The Bertz CT molecular complexity index is 633. The van der Waals surface area contributed by atoms with Crippen molar-refractivity contribution < 1.29 is 13.0 Å². The minimum Gasteiger partial charge on any atom is -0.347 e. The van der Waals surface area contributed by atoms with E-state index in [-0.39, 0.29) is 5.75 Å². The van der Waals surface area contributed by atoms with E-state index in [4.69, 9.17) is 4.55 Å². The molecule has 0 fully saturated rings. The normalized spacial score (nSPS) is 12.1. The zero-order valence-electron chi connectivity index (χ0n) is 9.01. The molecule has 0 saturated heterocycles. The lowest BCUT2D eigenvalue weighted by molar-refractivity contribution is 0.478. The van der Waals surface area contributed by atoms with Crippen molar-refractivity contribution in [1.29, 1.82) is 0 Å². The summed E-state index contributed by atoms with van der Waals surface area (Å²) in [5.41, 5.74) is 1.05. The summed E-state index contributed by atoms with van der Waals surface area (Å²) in [6.07, 6.45) is 2.31. The predicted octanol–water partition coefficient (Wildman–Crippen LogP) is 2.68. The third kappa shape index (κ3) is 3.08. The second-order valence-corrected chi connectivity index (χ2v) is 6.25. The summed E-state index contributed by atoms with van der Waals surface area (Å²) in [7, 11) is -3.86. The summed E-state index contributed by atoms with van der Waals surface area (Å²) in [6, 6.07) is 7.86. The zero-order valence-corrected chi connectivity index (χ0v) is 11.4. The molecule has 0 amide bonds. The van der Waals surface area contributed by atoms with Crippen LogP contribution in [-0.2, 0) is 16.7 Å². The second-order valence-electron chi connectivity index (χ2n) is 3.82. The summed E-state index contributed by atoms with van der Waals surface area (Å²) >= 11 is 3.46. The van der Waals surface area contributed by atoms with Crippen LogP contribution >= 0.6 is 15.9 Å². The standard InChI is InChI=1S/C11H12BrNO3S/c12-10-3-1-4-11-9(10)5-7-13(11)6-2-8-17(14,15)16/h1,3-5,7H,2,6,8H2,(H,14,15,16). The number of benzene rings is 1. The van der Waals surface area contributed by atoms with Crippen LogP contribution in [0.3, 0.4) is 0 Å². The van der Waals surface area contributed by atoms with Gasteiger partial charge in [0, 0.05) is 28.1 Å². The predicted molar refractivity (Wildman–Crippen MR) is 70.7 cm³/mol. The van der Waals surface area contributed by atoms with Crippen molar-refractivity contribution in [1.82, 2.24) is 4.57 Å². The van der Waals surface area contributed by atoms with Crippen LogP contribution in [0.4, 0.5) is 0 Å². The first kappa shape index (κ1) is 12.6. The lowest BCUT2D eigenvalue weighted by Crippen LogP contribution is -2.07. The van der Waals surface area contributed by atoms with E-state index in [1.165, 1.54) is 0 Å². The summed E-state index contributed by atoms with van der Waals surface area (Å²) in [5, 5.41) is 1.10. The Kier molecular flexibility index (Phi) is 3.56. The molecule has 2 aromatic rings. The molecular weight excluding hydrogens is 306 g/mol. The molecule has 0 unspecified atom stereocenters. The van der Waals surface area contributed by atoms with Crippen molar-refractivity contribution in [3.8, 4) is 0 Å². The molecule has 1 heterocycles. The number of aryl methyl sites for hydroxylation is 1. The molecule has 0 aliphatic heterocycles. The zero-order chi connectivity index (χ0) is 12.5. The largest absolute Gasteiger partial charge is 0.347 e. The SMILES string of the molecule is O=S(=O)(O)CCCn1ccc2c(Br)cccc21. The van der Waals surface area contributed by atoms with E-state index in [1.807, 2.05) is 35.0 Å². The van der Waals surface area contributed by atoms with Gasteiger partial charge in [-0.25, -0.2) is 0 Å². The van der Waals surface area contributed by atoms with Gasteiger partial charge in [0.15, 0.2) is 0 Å². The quantitative estimate of drug-likeness (QED) is 0.882. The van der Waals surface area contributed by atoms with Gasteiger partial charge in [-0.05, 0) is 24.6 Å². The maximum Gasteiger partial charge on any atom is 0.264 e. The maximum atomic E-state index is 10.6. The van der Waals surface area contributed by atoms with Gasteiger partial charge in [0.1, 0.15) is 0 Å². The minimum absolute atomic E-state index is 0.208. The Morgan fingerprint density at radius 1 is 1.29 bits per heavy atom. The minimum atomic E-state index is -3.86. The first-order valence-corrected chi connectivity index (χ1v) is 7.56. The monoisotopic (exact) mass is 317 g/mol. The maximum absolute atomic E-state index is 10.6. The van der Waals surface area contributed by atoms with E-state index in [0.717, 1.165) is 15.4 Å². The molecule has 1 N–H and O–H groups in total. The first-order valence-electron chi connectivity index (χ1n) is 5.16. The molecule has 0 saturated carbocycles. The lowest BCUT2D eigenvalue weighted by atomic mass is 10.2. The number of halogens is 1. The third-order valence-corrected chi connectivity index (χ3v) is 4.06. The molecule has 0 spiro atoms. The van der Waals surface area contributed by atoms with E-state index >= 15 is 0 Å². The molecule has 92 valence electrons. The van der Waals surface area contributed by atoms with Gasteiger partial charge < -0.3 is 4.57 Å². The van der Waals surface area contributed by atoms with Gasteiger partial charge in [0.05, 0.1) is 5.75 Å². The molecule has 6 heteroatoms. The van der Waals surface area contributed by atoms with Crippen molar-refractivity contribution in [3.05, 3.63) is 34.9 Å². The van der Waals surface area contributed by atoms with Gasteiger partial charge in [0.2, 0.25) is 0 Å². The fourth-order valence-electron chi connectivity index (χ4n) is 1.80. The number of hydrogen-bond acceptors (Lipinski definition) is 2. The highest BCUT2D eigenvalue weighted by Gasteiger charge is 2.06. The van der Waals surface area contributed by atoms with Crippen molar-refractivity contribution in [2.75, 3.05) is 5.75 Å². The topological polar surface area (TPSA) is 59.3 Å². The summed E-state index contributed by atoms with van der Waals surface area (Å²) in [6.45, 7) is 0.569. The van der Waals surface area contributed by atoms with Crippen LogP contribution in [0.15, 0.2) is 34.9 Å². The van der Waals surface area contributed by atoms with E-state index in [0.29, 0.717) is 13.0 Å². The van der Waals surface area contributed by atoms with Gasteiger partial charge in [-0.3, -0.25) is 4.55 Å². The fraction of sp³-hybridized carbons (Fsp3) is 0.273. The number of hydrogen-bond donors (Lipinski definition) is 1. The van der Waals surface area contributed by atoms with Crippen molar-refractivity contribution in [2.45, 2.75) is 13.0 Å². The molecule has 17 heavy (non-hydrogen) atoms. The van der Waals surface area contributed by atoms with Crippen LogP contribution < -0.4 is 0 Å². The third-order valence-electron chi connectivity index (χ3n) is 2.56. The molecular formula is C11H12BrNO3S. The average Bonchev–Trinajstić information content (AvgIpc) is 2.61. The van der Waals surface area contributed by atoms with Crippen LogP contribution in [0.25, 0.3) is 10.9 Å². The van der Waals surface area contributed by atoms with Crippen molar-refractivity contribution in [3.63, 3.8) is 0 Å². The van der Waals surface area contributed by atoms with Crippen LogP contribution in [0.5, 0.6) is 0 Å². The van der Waals surface area contributed by atoms with Crippen LogP contribution in [0.1, 0.15) is 6.42 Å². The molecule has 0 aliphatic rings. The first-order chi connectivity index (χ1) is 7.97. The molecule has 4 nitrogen and oxygen atoms in total. The molecule has 2 rings (SSSR count). The van der Waals surface area contributed by atoms with Gasteiger partial charge in [-0.15, -0.1) is 0 Å². The number of nitrogens with zero attached hydrogens (tertiary/aromatic N) is 1. The summed E-state index contributed by atoms with van der Waals surface area (Å²) in [4.78, 5) is 0. The lowest BCUT2D eigenvalue weighted by Gasteiger charge is -2.04. The molecule has 1 aromatic carbocycles. The molecule has 0 radical (unpaired) electrons. The number of aromatic nitrogens is 1. The Hall–Kier alpha value is -0.850. The molecule has 0 bridgehead atoms. The van der Waals surface area contributed by atoms with E-state index < -0.39 is 10.1 Å². The molecule has 0 aliphatic carbocycles. The Balaban J connectivity index is 2.17. The van der Waals surface area contributed by atoms with E-state index in [9.17, 15) is 8.42 Å². The second kappa shape index (κ2) is 4.80. The van der Waals surface area contributed by atoms with Crippen LogP contribution in [-0.4, -0.2) is 23.3 Å². The smallest absolute Gasteiger partial charge is 0.264 e. The Morgan fingerprint density at radius 3 is 2.76 bits per heavy atom. The Labute approximate surface area is 108 Å². The highest BCUT2D eigenvalue weighted by Crippen LogP contribution is 2.24. The van der Waals surface area contributed by atoms with Gasteiger partial charge in [-0.2, -0.15) is 8.42 Å². The van der Waals surface area contributed by atoms with E-state index in [1.54, 1.807) is 0 Å². The fourth-order valence-corrected chi connectivity index (χ4v) is 2.78. The summed E-state index contributed by atoms with van der Waals surface area (Å²) in [5.74, 6) is -0.208. The van der Waals surface area contributed by atoms with Crippen LogP contribution in [0.2, 0.25) is 0 Å². The van der Waals surface area contributed by atoms with Gasteiger partial charge in [0.25, 0.3) is 10.1 Å². The summed E-state index contributed by atoms with van der Waals surface area (Å²) < 4.78 is 32.9. The number of rotatable bonds is 4. The molecule has 0 atom stereocenters. The Morgan fingerprint density at radius 2 is 2.06 bits per heavy atom. The highest BCUT2D eigenvalue weighted by atomic mass is 79.9. The number of fused-ring (bicyclic) bond motifs is 1. The van der Waals surface area contributed by atoms with Crippen LogP contribution in [0, 0.1) is 0 Å². The molecule has 1 aromatic heterocycles. The van der Waals surface area contributed by atoms with Gasteiger partial charge >= 0.3 is 0 Å². The average molecular weight is 318 g/mol. The van der Waals surface area contributed by atoms with Gasteiger partial charge in [-0.1, -0.05) is 22.0 Å². The van der Waals surface area contributed by atoms with E-state index in [2.05, 4.69) is 15.9 Å². The highest BCUT2D eigenvalue weighted by molar-refractivity contribution is 9.10. The van der Waals surface area contributed by atoms with Crippen molar-refractivity contribution in [2.24, 2.45) is 0 Å². The van der Waals surface area contributed by atoms with Crippen molar-refractivity contribution >= 4 is 37.0 Å².